The summed E-state index contributed by atoms with van der Waals surface area (Å²) in [5.74, 6) is 0.476. The van der Waals surface area contributed by atoms with Crippen molar-refractivity contribution in [2.45, 2.75) is 13.2 Å². The molecule has 0 amide bonds. The highest BCUT2D eigenvalue weighted by atomic mass is 16.7. The van der Waals surface area contributed by atoms with E-state index in [2.05, 4.69) is 9.72 Å². The van der Waals surface area contributed by atoms with E-state index in [4.69, 9.17) is 20.3 Å². The molecule has 0 fully saturated rings. The lowest BCUT2D eigenvalue weighted by atomic mass is 10.4. The number of hydrogen-bond donors (Lipinski definition) is 2. The largest absolute Gasteiger partial charge is 0.448 e. The summed E-state index contributed by atoms with van der Waals surface area (Å²) in [5, 5.41) is 7.94. The van der Waals surface area contributed by atoms with Crippen molar-refractivity contribution >= 4 is 5.69 Å². The Kier molecular flexibility index (Phi) is 9.04. The van der Waals surface area contributed by atoms with E-state index in [0.717, 1.165) is 0 Å². The lowest BCUT2D eigenvalue weighted by Gasteiger charge is -2.11. The molecule has 1 aromatic rings. The number of anilines is 1. The molecule has 3 N–H and O–H groups in total. The molecular weight excluding hydrogens is 224 g/mol. The number of hydrogen-bond acceptors (Lipinski definition) is 6. The fourth-order valence-electron chi connectivity index (χ4n) is 0.799. The Balaban J connectivity index is 0.000000437. The number of nitrogens with two attached hydrogens (primary N) is 1. The van der Waals surface area contributed by atoms with E-state index in [1.54, 1.807) is 39.5 Å². The van der Waals surface area contributed by atoms with Gasteiger partial charge in [-0.25, -0.2) is 4.98 Å². The van der Waals surface area contributed by atoms with Gasteiger partial charge in [-0.1, -0.05) is 0 Å². The summed E-state index contributed by atoms with van der Waals surface area (Å²) in [7, 11) is 3.12. The monoisotopic (exact) mass is 244 g/mol. The first-order chi connectivity index (χ1) is 8.13. The Morgan fingerprint density at radius 1 is 1.47 bits per heavy atom. The van der Waals surface area contributed by atoms with Crippen LogP contribution in [0.15, 0.2) is 18.3 Å². The average Bonchev–Trinajstić information content (AvgIpc) is 2.31. The van der Waals surface area contributed by atoms with Crippen molar-refractivity contribution < 1.29 is 19.3 Å². The zero-order valence-corrected chi connectivity index (χ0v) is 10.4. The fourth-order valence-corrected chi connectivity index (χ4v) is 0.799. The smallest absolute Gasteiger partial charge is 0.217 e. The van der Waals surface area contributed by atoms with Crippen LogP contribution in [-0.4, -0.2) is 43.8 Å². The van der Waals surface area contributed by atoms with Crippen LogP contribution in [0.25, 0.3) is 0 Å². The van der Waals surface area contributed by atoms with Gasteiger partial charge in [0.1, 0.15) is 0 Å². The molecule has 0 bridgehead atoms. The van der Waals surface area contributed by atoms with E-state index >= 15 is 0 Å². The van der Waals surface area contributed by atoms with Gasteiger partial charge >= 0.3 is 0 Å². The van der Waals surface area contributed by atoms with Crippen LogP contribution >= 0.6 is 0 Å². The van der Waals surface area contributed by atoms with Crippen LogP contribution in [0.1, 0.15) is 6.92 Å². The Bertz CT molecular complexity index is 295. The van der Waals surface area contributed by atoms with Crippen molar-refractivity contribution in [3.63, 3.8) is 0 Å². The maximum Gasteiger partial charge on any atom is 0.217 e. The van der Waals surface area contributed by atoms with Gasteiger partial charge in [0, 0.05) is 32.2 Å². The fraction of sp³-hybridized carbons (Fsp3) is 0.545. The molecule has 0 aliphatic carbocycles. The zero-order valence-electron chi connectivity index (χ0n) is 10.4. The predicted molar refractivity (Wildman–Crippen MR) is 64.7 cm³/mol. The van der Waals surface area contributed by atoms with Crippen LogP contribution in [0, 0.1) is 0 Å². The number of aliphatic hydroxyl groups is 1. The molecule has 1 aromatic heterocycles. The summed E-state index contributed by atoms with van der Waals surface area (Å²) in [6.07, 6.45) is 1.28. The molecule has 1 unspecified atom stereocenters. The van der Waals surface area contributed by atoms with Crippen molar-refractivity contribution in [1.82, 2.24) is 4.98 Å². The Morgan fingerprint density at radius 3 is 2.59 bits per heavy atom. The van der Waals surface area contributed by atoms with Crippen molar-refractivity contribution in [2.24, 2.45) is 0 Å². The molecule has 0 aliphatic heterocycles. The quantitative estimate of drug-likeness (QED) is 0.740. The van der Waals surface area contributed by atoms with E-state index in [-0.39, 0.29) is 12.9 Å². The molecule has 6 nitrogen and oxygen atoms in total. The van der Waals surface area contributed by atoms with E-state index in [9.17, 15) is 0 Å². The first-order valence-corrected chi connectivity index (χ1v) is 5.14. The molecular formula is C11H20N2O4. The second kappa shape index (κ2) is 9.83. The number of ether oxygens (including phenoxy) is 3. The summed E-state index contributed by atoms with van der Waals surface area (Å²) in [5.41, 5.74) is 6.14. The van der Waals surface area contributed by atoms with Crippen LogP contribution in [0.3, 0.4) is 0 Å². The van der Waals surface area contributed by atoms with Crippen LogP contribution < -0.4 is 10.5 Å². The van der Waals surface area contributed by atoms with E-state index < -0.39 is 0 Å². The van der Waals surface area contributed by atoms with Crippen LogP contribution in [0.5, 0.6) is 5.88 Å². The van der Waals surface area contributed by atoms with Crippen LogP contribution in [0.2, 0.25) is 0 Å². The number of nitrogen functional groups attached to an aromatic ring is 1. The number of pyridine rings is 1. The maximum atomic E-state index is 7.94. The third-order valence-corrected chi connectivity index (χ3v) is 1.67. The number of aromatic nitrogens is 1. The lowest BCUT2D eigenvalue weighted by Crippen LogP contribution is -2.14. The van der Waals surface area contributed by atoms with Gasteiger partial charge in [-0.2, -0.15) is 0 Å². The highest BCUT2D eigenvalue weighted by Crippen LogP contribution is 2.11. The Hall–Kier alpha value is -1.37. The molecule has 0 radical (unpaired) electrons. The van der Waals surface area contributed by atoms with Crippen molar-refractivity contribution in [3.8, 4) is 5.88 Å². The van der Waals surface area contributed by atoms with Crippen molar-refractivity contribution in [1.29, 1.82) is 0 Å². The molecule has 0 aromatic carbocycles. The third kappa shape index (κ3) is 8.44. The Morgan fingerprint density at radius 2 is 2.18 bits per heavy atom. The molecule has 1 atom stereocenters. The molecule has 0 saturated heterocycles. The molecule has 0 spiro atoms. The minimum Gasteiger partial charge on any atom is -0.448 e. The van der Waals surface area contributed by atoms with Gasteiger partial charge in [-0.3, -0.25) is 0 Å². The topological polar surface area (TPSA) is 86.8 Å². The number of nitrogens with zero attached hydrogens (tertiary/aromatic N) is 1. The summed E-state index contributed by atoms with van der Waals surface area (Å²) < 4.78 is 14.6. The Labute approximate surface area is 101 Å². The van der Waals surface area contributed by atoms with E-state index in [0.29, 0.717) is 18.2 Å². The summed E-state index contributed by atoms with van der Waals surface area (Å²) in [6, 6.07) is 3.35. The predicted octanol–water partition coefficient (Wildman–Crippen LogP) is 0.660. The summed E-state index contributed by atoms with van der Waals surface area (Å²) >= 11 is 0. The first kappa shape index (κ1) is 15.6. The molecule has 6 heteroatoms. The summed E-state index contributed by atoms with van der Waals surface area (Å²) in [6.45, 7) is 2.35. The van der Waals surface area contributed by atoms with Crippen LogP contribution in [-0.2, 0) is 9.47 Å². The van der Waals surface area contributed by atoms with E-state index in [1.165, 1.54) is 0 Å². The van der Waals surface area contributed by atoms with Gasteiger partial charge in [0.15, 0.2) is 6.29 Å². The van der Waals surface area contributed by atoms with Gasteiger partial charge in [0.25, 0.3) is 0 Å². The van der Waals surface area contributed by atoms with Crippen molar-refractivity contribution in [2.75, 3.05) is 33.2 Å². The maximum absolute atomic E-state index is 7.94. The standard InChI is InChI=1S/C8H12N2O2.C3H8O2/c1-6(11-2)12-8-5-7(9)3-4-10-8;1-5-3-2-4/h3-6H,1-2H3,(H2,9,10);4H,2-3H2,1H3. The first-order valence-electron chi connectivity index (χ1n) is 5.14. The van der Waals surface area contributed by atoms with Gasteiger partial charge < -0.3 is 25.1 Å². The lowest BCUT2D eigenvalue weighted by molar-refractivity contribution is -0.0409. The third-order valence-electron chi connectivity index (χ3n) is 1.67. The average molecular weight is 244 g/mol. The van der Waals surface area contributed by atoms with E-state index in [1.807, 2.05) is 0 Å². The molecule has 17 heavy (non-hydrogen) atoms. The second-order valence-electron chi connectivity index (χ2n) is 3.07. The molecule has 98 valence electrons. The van der Waals surface area contributed by atoms with Gasteiger partial charge in [-0.15, -0.1) is 0 Å². The minimum absolute atomic E-state index is 0.122. The van der Waals surface area contributed by atoms with Crippen molar-refractivity contribution in [3.05, 3.63) is 18.3 Å². The second-order valence-corrected chi connectivity index (χ2v) is 3.07. The molecule has 0 aliphatic rings. The number of rotatable bonds is 5. The molecule has 1 heterocycles. The minimum atomic E-state index is -0.306. The zero-order chi connectivity index (χ0) is 13.1. The van der Waals surface area contributed by atoms with Gasteiger partial charge in [0.05, 0.1) is 13.2 Å². The van der Waals surface area contributed by atoms with Gasteiger partial charge in [0.2, 0.25) is 5.88 Å². The summed E-state index contributed by atoms with van der Waals surface area (Å²) in [4.78, 5) is 3.95. The number of methoxy groups -OCH3 is 2. The van der Waals surface area contributed by atoms with Crippen LogP contribution in [0.4, 0.5) is 5.69 Å². The number of aliphatic hydroxyl groups excluding tert-OH is 1. The van der Waals surface area contributed by atoms with Gasteiger partial charge in [-0.05, 0) is 13.0 Å². The molecule has 0 saturated carbocycles. The highest BCUT2D eigenvalue weighted by molar-refractivity contribution is 5.39. The normalized spacial score (nSPS) is 11.3. The molecule has 1 rings (SSSR count). The highest BCUT2D eigenvalue weighted by Gasteiger charge is 2.01. The SMILES string of the molecule is COC(C)Oc1cc(N)ccn1.COCCO.